The summed E-state index contributed by atoms with van der Waals surface area (Å²) in [5.74, 6) is -1.17. The highest BCUT2D eigenvalue weighted by Gasteiger charge is 2.44. The number of nitrogens with two attached hydrogens (primary N) is 1. The number of rotatable bonds is 5. The molecule has 3 N–H and O–H groups in total. The monoisotopic (exact) mass is 317 g/mol. The second kappa shape index (κ2) is 7.02. The second-order valence-corrected chi connectivity index (χ2v) is 6.85. The van der Waals surface area contributed by atoms with Crippen LogP contribution >= 0.6 is 11.8 Å². The Morgan fingerprint density at radius 3 is 2.29 bits per heavy atom. The van der Waals surface area contributed by atoms with E-state index in [4.69, 9.17) is 5.73 Å². The SMILES string of the molecule is CC(C)C1SCC(C(=O)O)N1C(=O)N(CC(N)=O)C(C)C. The van der Waals surface area contributed by atoms with Gasteiger partial charge in [-0.1, -0.05) is 13.8 Å². The van der Waals surface area contributed by atoms with Gasteiger partial charge in [0.25, 0.3) is 0 Å². The normalized spacial score (nSPS) is 21.9. The molecule has 1 aliphatic rings. The highest BCUT2D eigenvalue weighted by Crippen LogP contribution is 2.35. The summed E-state index contributed by atoms with van der Waals surface area (Å²) in [6, 6.07) is -1.55. The third-order valence-corrected chi connectivity index (χ3v) is 4.93. The number of amides is 3. The van der Waals surface area contributed by atoms with Crippen LogP contribution in [0.25, 0.3) is 0 Å². The largest absolute Gasteiger partial charge is 0.480 e. The molecule has 1 rings (SSSR count). The molecule has 1 aliphatic heterocycles. The summed E-state index contributed by atoms with van der Waals surface area (Å²) in [5, 5.41) is 9.10. The Bertz CT molecular complexity index is 428. The Morgan fingerprint density at radius 2 is 1.90 bits per heavy atom. The van der Waals surface area contributed by atoms with Crippen molar-refractivity contribution in [3.8, 4) is 0 Å². The minimum Gasteiger partial charge on any atom is -0.480 e. The van der Waals surface area contributed by atoms with Crippen molar-refractivity contribution in [2.24, 2.45) is 11.7 Å². The zero-order valence-corrected chi connectivity index (χ0v) is 13.6. The minimum absolute atomic E-state index is 0.117. The number of nitrogens with zero attached hydrogens (tertiary/aromatic N) is 2. The molecule has 21 heavy (non-hydrogen) atoms. The van der Waals surface area contributed by atoms with Crippen molar-refractivity contribution < 1.29 is 19.5 Å². The average molecular weight is 317 g/mol. The van der Waals surface area contributed by atoms with Gasteiger partial charge < -0.3 is 15.7 Å². The van der Waals surface area contributed by atoms with Crippen LogP contribution in [0.4, 0.5) is 4.79 Å². The fourth-order valence-electron chi connectivity index (χ4n) is 2.26. The van der Waals surface area contributed by atoms with E-state index >= 15 is 0 Å². The topological polar surface area (TPSA) is 104 Å². The summed E-state index contributed by atoms with van der Waals surface area (Å²) >= 11 is 1.45. The molecule has 8 heteroatoms. The van der Waals surface area contributed by atoms with E-state index in [0.29, 0.717) is 5.75 Å². The van der Waals surface area contributed by atoms with Gasteiger partial charge in [-0.2, -0.15) is 0 Å². The number of aliphatic carboxylic acids is 1. The lowest BCUT2D eigenvalue weighted by Crippen LogP contribution is -2.55. The Balaban J connectivity index is 3.06. The van der Waals surface area contributed by atoms with Gasteiger partial charge in [0, 0.05) is 11.8 Å². The molecule has 0 radical (unpaired) electrons. The molecule has 0 bridgehead atoms. The van der Waals surface area contributed by atoms with Crippen LogP contribution in [0.1, 0.15) is 27.7 Å². The van der Waals surface area contributed by atoms with Gasteiger partial charge in [0.1, 0.15) is 12.6 Å². The first kappa shape index (κ1) is 17.6. The van der Waals surface area contributed by atoms with Gasteiger partial charge in [-0.05, 0) is 19.8 Å². The highest BCUT2D eigenvalue weighted by atomic mass is 32.2. The molecule has 1 saturated heterocycles. The lowest BCUT2D eigenvalue weighted by atomic mass is 10.1. The van der Waals surface area contributed by atoms with Crippen LogP contribution in [0.2, 0.25) is 0 Å². The molecule has 0 aromatic heterocycles. The predicted molar refractivity (Wildman–Crippen MR) is 80.8 cm³/mol. The zero-order chi connectivity index (χ0) is 16.3. The van der Waals surface area contributed by atoms with E-state index in [0.717, 1.165) is 0 Å². The predicted octanol–water partition coefficient (Wildman–Crippen LogP) is 0.786. The van der Waals surface area contributed by atoms with Crippen LogP contribution in [0.3, 0.4) is 0 Å². The molecule has 1 fully saturated rings. The summed E-state index contributed by atoms with van der Waals surface area (Å²) in [4.78, 5) is 37.9. The maximum Gasteiger partial charge on any atom is 0.327 e. The van der Waals surface area contributed by atoms with E-state index < -0.39 is 23.9 Å². The molecule has 0 saturated carbocycles. The van der Waals surface area contributed by atoms with Gasteiger partial charge in [0.05, 0.1) is 5.37 Å². The summed E-state index contributed by atoms with van der Waals surface area (Å²) in [6.45, 7) is 7.20. The fourth-order valence-corrected chi connectivity index (χ4v) is 3.73. The first-order chi connectivity index (χ1) is 9.66. The molecule has 120 valence electrons. The number of urea groups is 1. The van der Waals surface area contributed by atoms with E-state index in [-0.39, 0.29) is 23.9 Å². The van der Waals surface area contributed by atoms with Crippen LogP contribution in [-0.4, -0.2) is 62.6 Å². The first-order valence-corrected chi connectivity index (χ1v) is 7.93. The van der Waals surface area contributed by atoms with E-state index in [9.17, 15) is 19.5 Å². The standard InChI is InChI=1S/C13H23N3O4S/c1-7(2)11-16(9(6-21-11)12(18)19)13(20)15(8(3)4)5-10(14)17/h7-9,11H,5-6H2,1-4H3,(H2,14,17)(H,18,19). The smallest absolute Gasteiger partial charge is 0.327 e. The maximum atomic E-state index is 12.7. The summed E-state index contributed by atoms with van der Waals surface area (Å²) < 4.78 is 0. The fraction of sp³-hybridized carbons (Fsp3) is 0.769. The number of carbonyl (C=O) groups is 3. The van der Waals surface area contributed by atoms with Crippen molar-refractivity contribution >= 4 is 29.7 Å². The Labute approximate surface area is 128 Å². The highest BCUT2D eigenvalue weighted by molar-refractivity contribution is 8.00. The minimum atomic E-state index is -1.03. The molecule has 0 spiro atoms. The molecule has 7 nitrogen and oxygen atoms in total. The van der Waals surface area contributed by atoms with Crippen molar-refractivity contribution in [1.29, 1.82) is 0 Å². The molecule has 3 amide bonds. The number of thioether (sulfide) groups is 1. The maximum absolute atomic E-state index is 12.7. The van der Waals surface area contributed by atoms with Crippen molar-refractivity contribution in [1.82, 2.24) is 9.80 Å². The van der Waals surface area contributed by atoms with Crippen molar-refractivity contribution in [2.75, 3.05) is 12.3 Å². The van der Waals surface area contributed by atoms with Crippen LogP contribution in [0.15, 0.2) is 0 Å². The molecule has 0 aromatic rings. The summed E-state index contributed by atoms with van der Waals surface area (Å²) in [5.41, 5.74) is 5.18. The zero-order valence-electron chi connectivity index (χ0n) is 12.8. The Kier molecular flexibility index (Phi) is 5.88. The Hall–Kier alpha value is -1.44. The van der Waals surface area contributed by atoms with Gasteiger partial charge in [0.15, 0.2) is 0 Å². The van der Waals surface area contributed by atoms with Crippen LogP contribution in [0.5, 0.6) is 0 Å². The molecular formula is C13H23N3O4S. The third-order valence-electron chi connectivity index (χ3n) is 3.31. The van der Waals surface area contributed by atoms with Crippen molar-refractivity contribution in [3.05, 3.63) is 0 Å². The number of carboxylic acid groups (broad SMARTS) is 1. The van der Waals surface area contributed by atoms with E-state index in [2.05, 4.69) is 0 Å². The van der Waals surface area contributed by atoms with Crippen LogP contribution in [0, 0.1) is 5.92 Å². The van der Waals surface area contributed by atoms with Crippen LogP contribution < -0.4 is 5.73 Å². The van der Waals surface area contributed by atoms with Gasteiger partial charge in [-0.25, -0.2) is 9.59 Å². The van der Waals surface area contributed by atoms with Gasteiger partial charge in [0.2, 0.25) is 5.91 Å². The van der Waals surface area contributed by atoms with E-state index in [1.54, 1.807) is 13.8 Å². The van der Waals surface area contributed by atoms with E-state index in [1.165, 1.54) is 21.6 Å². The lowest BCUT2D eigenvalue weighted by Gasteiger charge is -2.36. The molecule has 2 atom stereocenters. The number of carboxylic acids is 1. The summed E-state index contributed by atoms with van der Waals surface area (Å²) in [6.07, 6.45) is 0. The number of primary amides is 1. The van der Waals surface area contributed by atoms with E-state index in [1.807, 2.05) is 13.8 Å². The first-order valence-electron chi connectivity index (χ1n) is 6.88. The van der Waals surface area contributed by atoms with Gasteiger partial charge in [-0.3, -0.25) is 9.69 Å². The molecule has 0 aromatic carbocycles. The average Bonchev–Trinajstić information content (AvgIpc) is 2.79. The van der Waals surface area contributed by atoms with Crippen molar-refractivity contribution in [2.45, 2.75) is 45.2 Å². The van der Waals surface area contributed by atoms with Gasteiger partial charge >= 0.3 is 12.0 Å². The number of hydrogen-bond acceptors (Lipinski definition) is 4. The van der Waals surface area contributed by atoms with Crippen LogP contribution in [-0.2, 0) is 9.59 Å². The quantitative estimate of drug-likeness (QED) is 0.780. The number of carbonyl (C=O) groups excluding carboxylic acids is 2. The molecule has 0 aliphatic carbocycles. The third kappa shape index (κ3) is 4.03. The molecule has 1 heterocycles. The second-order valence-electron chi connectivity index (χ2n) is 5.70. The molecule has 2 unspecified atom stereocenters. The lowest BCUT2D eigenvalue weighted by molar-refractivity contribution is -0.141. The van der Waals surface area contributed by atoms with Gasteiger partial charge in [-0.15, -0.1) is 11.8 Å². The molecular weight excluding hydrogens is 294 g/mol. The summed E-state index contributed by atoms with van der Waals surface area (Å²) in [7, 11) is 0. The Morgan fingerprint density at radius 1 is 1.33 bits per heavy atom. The number of hydrogen-bond donors (Lipinski definition) is 2. The van der Waals surface area contributed by atoms with Crippen molar-refractivity contribution in [3.63, 3.8) is 0 Å².